The van der Waals surface area contributed by atoms with Crippen LogP contribution in [0.25, 0.3) is 99.5 Å². The summed E-state index contributed by atoms with van der Waals surface area (Å²) in [4.78, 5) is 2.50. The van der Waals surface area contributed by atoms with E-state index in [0.717, 1.165) is 50.3 Å². The molecule has 0 spiro atoms. The minimum atomic E-state index is -0.342. The summed E-state index contributed by atoms with van der Waals surface area (Å²) in [5.41, 5.74) is 27.9. The predicted molar refractivity (Wildman–Crippen MR) is 304 cm³/mol. The van der Waals surface area contributed by atoms with Gasteiger partial charge in [0, 0.05) is 66.0 Å². The van der Waals surface area contributed by atoms with Crippen LogP contribution in [0.1, 0.15) is 80.5 Å². The molecule has 73 heavy (non-hydrogen) atoms. The molecule has 10 aromatic carbocycles. The molecule has 3 aliphatic rings. The van der Waals surface area contributed by atoms with Crippen LogP contribution in [0.3, 0.4) is 0 Å². The quantitative estimate of drug-likeness (QED) is 0.172. The van der Waals surface area contributed by atoms with Crippen LogP contribution in [0.4, 0.5) is 17.1 Å². The minimum absolute atomic E-state index is 0.215. The Morgan fingerprint density at radius 3 is 1.56 bits per heavy atom. The number of fused-ring (bicyclic) bond motifs is 19. The average molecular weight is 940 g/mol. The van der Waals surface area contributed by atoms with Crippen molar-refractivity contribution in [3.8, 4) is 55.6 Å². The molecule has 0 saturated carbocycles. The number of furan rings is 2. The second-order valence-electron chi connectivity index (χ2n) is 22.4. The van der Waals surface area contributed by atoms with Gasteiger partial charge < -0.3 is 13.7 Å². The lowest BCUT2D eigenvalue weighted by atomic mass is 9.72. The van der Waals surface area contributed by atoms with Gasteiger partial charge in [0.1, 0.15) is 22.3 Å². The van der Waals surface area contributed by atoms with Crippen LogP contribution in [0, 0.1) is 6.92 Å². The van der Waals surface area contributed by atoms with Crippen molar-refractivity contribution >= 4 is 60.9 Å². The molecule has 0 N–H and O–H groups in total. The molecule has 15 rings (SSSR count). The van der Waals surface area contributed by atoms with Crippen molar-refractivity contribution in [2.24, 2.45) is 0 Å². The molecular weight excluding hydrogens is 887 g/mol. The van der Waals surface area contributed by atoms with Crippen molar-refractivity contribution in [3.05, 3.63) is 233 Å². The monoisotopic (exact) mass is 939 g/mol. The molecule has 0 bridgehead atoms. The van der Waals surface area contributed by atoms with E-state index in [1.54, 1.807) is 0 Å². The summed E-state index contributed by atoms with van der Waals surface area (Å²) >= 11 is 0. The normalized spacial score (nSPS) is 15.1. The van der Waals surface area contributed by atoms with Crippen molar-refractivity contribution < 1.29 is 8.83 Å². The van der Waals surface area contributed by atoms with Crippen LogP contribution in [0.15, 0.2) is 203 Å². The lowest BCUT2D eigenvalue weighted by Gasteiger charge is -2.32. The van der Waals surface area contributed by atoms with Crippen molar-refractivity contribution in [1.82, 2.24) is 0 Å². The molecule has 0 atom stereocenters. The predicted octanol–water partition coefficient (Wildman–Crippen LogP) is 19.5. The maximum Gasteiger partial charge on any atom is 0.144 e. The highest BCUT2D eigenvalue weighted by atomic mass is 16.3. The molecule has 12 aromatic rings. The van der Waals surface area contributed by atoms with Gasteiger partial charge in [-0.25, -0.2) is 0 Å². The zero-order chi connectivity index (χ0) is 49.3. The van der Waals surface area contributed by atoms with Gasteiger partial charge in [0.25, 0.3) is 0 Å². The topological polar surface area (TPSA) is 29.5 Å². The Morgan fingerprint density at radius 1 is 0.356 bits per heavy atom. The molecule has 0 saturated heterocycles. The van der Waals surface area contributed by atoms with Crippen LogP contribution < -0.4 is 4.90 Å². The minimum Gasteiger partial charge on any atom is -0.455 e. The van der Waals surface area contributed by atoms with E-state index in [9.17, 15) is 0 Å². The van der Waals surface area contributed by atoms with Crippen molar-refractivity contribution in [2.75, 3.05) is 4.90 Å². The van der Waals surface area contributed by atoms with Crippen LogP contribution in [-0.4, -0.2) is 0 Å². The third-order valence-corrected chi connectivity index (χ3v) is 17.3. The Balaban J connectivity index is 0.937. The smallest absolute Gasteiger partial charge is 0.144 e. The lowest BCUT2D eigenvalue weighted by molar-refractivity contribution is 0.600. The second-order valence-corrected chi connectivity index (χ2v) is 22.4. The molecule has 0 aliphatic heterocycles. The average Bonchev–Trinajstić information content (AvgIpc) is 4.16. The number of benzene rings is 10. The fourth-order valence-corrected chi connectivity index (χ4v) is 13.9. The highest BCUT2D eigenvalue weighted by molar-refractivity contribution is 6.22. The van der Waals surface area contributed by atoms with Gasteiger partial charge in [-0.3, -0.25) is 0 Å². The molecule has 2 heterocycles. The molecule has 0 radical (unpaired) electrons. The second kappa shape index (κ2) is 14.6. The Bertz CT molecular complexity index is 4370. The van der Waals surface area contributed by atoms with E-state index in [-0.39, 0.29) is 16.2 Å². The van der Waals surface area contributed by atoms with Gasteiger partial charge in [-0.05, 0) is 139 Å². The van der Waals surface area contributed by atoms with E-state index in [1.165, 1.54) is 105 Å². The van der Waals surface area contributed by atoms with Gasteiger partial charge in [-0.2, -0.15) is 0 Å². The number of para-hydroxylation sites is 3. The van der Waals surface area contributed by atoms with Gasteiger partial charge in [0.05, 0.1) is 0 Å². The lowest BCUT2D eigenvalue weighted by Crippen LogP contribution is -2.24. The molecule has 0 amide bonds. The summed E-state index contributed by atoms with van der Waals surface area (Å²) < 4.78 is 14.0. The van der Waals surface area contributed by atoms with Gasteiger partial charge in [0.2, 0.25) is 0 Å². The highest BCUT2D eigenvalue weighted by Crippen LogP contribution is 2.64. The summed E-state index contributed by atoms with van der Waals surface area (Å²) in [6.07, 6.45) is 0. The van der Waals surface area contributed by atoms with Gasteiger partial charge in [0.15, 0.2) is 0 Å². The number of hydrogen-bond acceptors (Lipinski definition) is 3. The summed E-state index contributed by atoms with van der Waals surface area (Å²) in [7, 11) is 0. The first kappa shape index (κ1) is 42.3. The maximum atomic E-state index is 7.06. The van der Waals surface area contributed by atoms with E-state index in [1.807, 2.05) is 0 Å². The van der Waals surface area contributed by atoms with E-state index in [4.69, 9.17) is 8.83 Å². The van der Waals surface area contributed by atoms with E-state index >= 15 is 0 Å². The molecule has 0 fully saturated rings. The zero-order valence-corrected chi connectivity index (χ0v) is 42.2. The molecule has 2 aromatic heterocycles. The largest absolute Gasteiger partial charge is 0.455 e. The highest BCUT2D eigenvalue weighted by Gasteiger charge is 2.49. The SMILES string of the molecule is Cc1ccccc1N(c1ccc2c(c1)C(C)(C)c1cc(-c3ccccc3-c3ccccc3)c3oc4ccccc4c3c1-2)c1ccc2c(c1)C(C)(C)c1c3c(c4c(oc5ccccc54)c1-2)-c1ccccc1C3(C)C. The van der Waals surface area contributed by atoms with Gasteiger partial charge in [-0.1, -0.05) is 187 Å². The standard InChI is InChI=1S/C70H53NO2/c1-40-21-11-18-30-56(40)71(43-34-36-48-54(38-43)70(6,7)65-63(48)67-62(50-28-16-20-32-58(50)73-67)60-46-26-14-17-29-52(46)69(4,5)64(60)65)42-33-35-47-53(37-42)68(2,3)55-39-51(45-25-13-12-24-44(45)41-22-9-8-10-23-41)66-61(59(47)55)49-27-15-19-31-57(49)72-66/h8-39H,1-7H3. The Hall–Kier alpha value is -8.40. The summed E-state index contributed by atoms with van der Waals surface area (Å²) in [5.74, 6) is 0. The van der Waals surface area contributed by atoms with Crippen molar-refractivity contribution in [1.29, 1.82) is 0 Å². The third-order valence-electron chi connectivity index (χ3n) is 17.3. The molecule has 3 nitrogen and oxygen atoms in total. The maximum absolute atomic E-state index is 7.06. The third kappa shape index (κ3) is 5.55. The molecule has 3 aliphatic carbocycles. The first-order valence-electron chi connectivity index (χ1n) is 25.8. The zero-order valence-electron chi connectivity index (χ0n) is 42.2. The Morgan fingerprint density at radius 2 is 0.863 bits per heavy atom. The van der Waals surface area contributed by atoms with Crippen molar-refractivity contribution in [2.45, 2.75) is 64.7 Å². The number of rotatable bonds is 5. The summed E-state index contributed by atoms with van der Waals surface area (Å²) in [6, 6.07) is 71.5. The summed E-state index contributed by atoms with van der Waals surface area (Å²) in [5, 5.41) is 4.72. The Kier molecular flexibility index (Phi) is 8.47. The van der Waals surface area contributed by atoms with Crippen LogP contribution in [0.5, 0.6) is 0 Å². The van der Waals surface area contributed by atoms with E-state index in [0.29, 0.717) is 0 Å². The van der Waals surface area contributed by atoms with Gasteiger partial charge in [-0.15, -0.1) is 0 Å². The molecular formula is C70H53NO2. The fraction of sp³-hybridized carbons (Fsp3) is 0.143. The number of anilines is 3. The number of nitrogens with zero attached hydrogens (tertiary/aromatic N) is 1. The van der Waals surface area contributed by atoms with Crippen LogP contribution >= 0.6 is 0 Å². The first-order chi connectivity index (χ1) is 35.4. The molecule has 350 valence electrons. The van der Waals surface area contributed by atoms with Crippen molar-refractivity contribution in [3.63, 3.8) is 0 Å². The first-order valence-corrected chi connectivity index (χ1v) is 25.8. The number of hydrogen-bond donors (Lipinski definition) is 0. The van der Waals surface area contributed by atoms with E-state index < -0.39 is 0 Å². The van der Waals surface area contributed by atoms with Gasteiger partial charge >= 0.3 is 0 Å². The number of aryl methyl sites for hydroxylation is 1. The summed E-state index contributed by atoms with van der Waals surface area (Å²) in [6.45, 7) is 16.8. The Labute approximate surface area is 426 Å². The van der Waals surface area contributed by atoms with E-state index in [2.05, 4.69) is 247 Å². The van der Waals surface area contributed by atoms with Crippen LogP contribution in [-0.2, 0) is 16.2 Å². The fourth-order valence-electron chi connectivity index (χ4n) is 13.9. The molecule has 0 unspecified atom stereocenters. The van der Waals surface area contributed by atoms with Crippen LogP contribution in [0.2, 0.25) is 0 Å². The molecule has 3 heteroatoms.